The van der Waals surface area contributed by atoms with Crippen LogP contribution in [-0.4, -0.2) is 49.2 Å². The lowest BCUT2D eigenvalue weighted by Crippen LogP contribution is -2.54. The average Bonchev–Trinajstić information content (AvgIpc) is 3.09. The predicted octanol–water partition coefficient (Wildman–Crippen LogP) is 1.67. The summed E-state index contributed by atoms with van der Waals surface area (Å²) in [6, 6.07) is 3.45. The first-order valence-electron chi connectivity index (χ1n) is 8.81. The number of carbonyl (C=O) groups excluding carboxylic acids is 2. The number of nitrogens with two attached hydrogens (primary N) is 1. The van der Waals surface area contributed by atoms with Gasteiger partial charge in [0, 0.05) is 24.1 Å². The van der Waals surface area contributed by atoms with E-state index in [1.165, 1.54) is 23.1 Å². The summed E-state index contributed by atoms with van der Waals surface area (Å²) in [4.78, 5) is 25.2. The van der Waals surface area contributed by atoms with Crippen LogP contribution in [0.15, 0.2) is 18.2 Å². The number of hydrogen-bond acceptors (Lipinski definition) is 3. The predicted molar refractivity (Wildman–Crippen MR) is 90.4 cm³/mol. The summed E-state index contributed by atoms with van der Waals surface area (Å²) in [5.41, 5.74) is 4.53. The second kappa shape index (κ2) is 7.57. The highest BCUT2D eigenvalue weighted by atomic mass is 19.1. The summed E-state index contributed by atoms with van der Waals surface area (Å²) in [6.07, 6.45) is 2.09. The highest BCUT2D eigenvalue weighted by Crippen LogP contribution is 2.42. The molecule has 2 aliphatic rings. The SMILES string of the molecule is NC(=O)C1CN(C(=O)NCC2(c3c(F)cccc3F)CCCC2)CCO1. The van der Waals surface area contributed by atoms with Crippen LogP contribution < -0.4 is 11.1 Å². The Bertz CT molecular complexity index is 672. The van der Waals surface area contributed by atoms with Gasteiger partial charge < -0.3 is 20.7 Å². The lowest BCUT2D eigenvalue weighted by atomic mass is 9.78. The summed E-state index contributed by atoms with van der Waals surface area (Å²) in [7, 11) is 0. The second-order valence-corrected chi connectivity index (χ2v) is 6.95. The fourth-order valence-electron chi connectivity index (χ4n) is 3.93. The molecule has 3 N–H and O–H groups in total. The number of primary amides is 1. The summed E-state index contributed by atoms with van der Waals surface area (Å²) in [5.74, 6) is -1.79. The van der Waals surface area contributed by atoms with Gasteiger partial charge in [0.1, 0.15) is 11.6 Å². The number of carbonyl (C=O) groups is 2. The number of ether oxygens (including phenoxy) is 1. The third kappa shape index (κ3) is 3.65. The maximum Gasteiger partial charge on any atom is 0.317 e. The standard InChI is InChI=1S/C18H23F2N3O3/c19-12-4-3-5-13(20)15(12)18(6-1-2-7-18)11-22-17(25)23-8-9-26-14(10-23)16(21)24/h3-5,14H,1-2,6-11H2,(H2,21,24)(H,22,25). The third-order valence-corrected chi connectivity index (χ3v) is 5.30. The van der Waals surface area contributed by atoms with Crippen LogP contribution in [0.25, 0.3) is 0 Å². The molecule has 0 aromatic heterocycles. The van der Waals surface area contributed by atoms with E-state index in [1.54, 1.807) is 0 Å². The highest BCUT2D eigenvalue weighted by molar-refractivity contribution is 5.81. The molecule has 0 spiro atoms. The minimum atomic E-state index is -0.834. The number of benzene rings is 1. The van der Waals surface area contributed by atoms with E-state index < -0.39 is 29.1 Å². The molecule has 1 saturated heterocycles. The Hall–Kier alpha value is -2.22. The van der Waals surface area contributed by atoms with Gasteiger partial charge in [0.15, 0.2) is 6.10 Å². The van der Waals surface area contributed by atoms with Gasteiger partial charge in [-0.05, 0) is 25.0 Å². The molecular weight excluding hydrogens is 344 g/mol. The zero-order valence-corrected chi connectivity index (χ0v) is 14.5. The van der Waals surface area contributed by atoms with Crippen molar-refractivity contribution in [1.82, 2.24) is 10.2 Å². The van der Waals surface area contributed by atoms with Gasteiger partial charge in [0.25, 0.3) is 0 Å². The first kappa shape index (κ1) is 18.6. The number of nitrogens with one attached hydrogen (secondary N) is 1. The molecule has 1 aromatic carbocycles. The van der Waals surface area contributed by atoms with Crippen molar-refractivity contribution in [2.45, 2.75) is 37.2 Å². The van der Waals surface area contributed by atoms with E-state index in [0.29, 0.717) is 19.4 Å². The number of halogens is 2. The Morgan fingerprint density at radius 2 is 1.92 bits per heavy atom. The number of nitrogens with zero attached hydrogens (tertiary/aromatic N) is 1. The smallest absolute Gasteiger partial charge is 0.317 e. The molecule has 3 rings (SSSR count). The molecule has 1 aliphatic carbocycles. The monoisotopic (exact) mass is 367 g/mol. The summed E-state index contributed by atoms with van der Waals surface area (Å²) < 4.78 is 33.9. The number of amides is 3. The van der Waals surface area contributed by atoms with E-state index in [-0.39, 0.29) is 31.3 Å². The van der Waals surface area contributed by atoms with Gasteiger partial charge in [-0.15, -0.1) is 0 Å². The lowest BCUT2D eigenvalue weighted by Gasteiger charge is -2.34. The topological polar surface area (TPSA) is 84.7 Å². The van der Waals surface area contributed by atoms with Crippen LogP contribution in [0, 0.1) is 11.6 Å². The highest BCUT2D eigenvalue weighted by Gasteiger charge is 2.40. The molecule has 2 fully saturated rings. The first-order chi connectivity index (χ1) is 12.4. The Morgan fingerprint density at radius 3 is 2.54 bits per heavy atom. The molecule has 1 unspecified atom stereocenters. The third-order valence-electron chi connectivity index (χ3n) is 5.30. The van der Waals surface area contributed by atoms with Crippen LogP contribution in [0.5, 0.6) is 0 Å². The van der Waals surface area contributed by atoms with Gasteiger partial charge in [0.2, 0.25) is 5.91 Å². The molecule has 26 heavy (non-hydrogen) atoms. The molecule has 1 atom stereocenters. The molecule has 142 valence electrons. The number of rotatable bonds is 4. The number of urea groups is 1. The van der Waals surface area contributed by atoms with E-state index >= 15 is 0 Å². The van der Waals surface area contributed by atoms with Crippen LogP contribution in [0.1, 0.15) is 31.2 Å². The number of hydrogen-bond donors (Lipinski definition) is 2. The molecular formula is C18H23F2N3O3. The van der Waals surface area contributed by atoms with Gasteiger partial charge in [-0.3, -0.25) is 4.79 Å². The zero-order valence-electron chi connectivity index (χ0n) is 14.5. The van der Waals surface area contributed by atoms with Crippen molar-refractivity contribution < 1.29 is 23.1 Å². The minimum Gasteiger partial charge on any atom is -0.367 e. The van der Waals surface area contributed by atoms with Crippen LogP contribution in [0.2, 0.25) is 0 Å². The summed E-state index contributed by atoms with van der Waals surface area (Å²) >= 11 is 0. The average molecular weight is 367 g/mol. The molecule has 1 aliphatic heterocycles. The van der Waals surface area contributed by atoms with Crippen LogP contribution >= 0.6 is 0 Å². The van der Waals surface area contributed by atoms with Crippen molar-refractivity contribution in [3.8, 4) is 0 Å². The van der Waals surface area contributed by atoms with Crippen molar-refractivity contribution >= 4 is 11.9 Å². The van der Waals surface area contributed by atoms with Crippen LogP contribution in [0.4, 0.5) is 13.6 Å². The van der Waals surface area contributed by atoms with Crippen LogP contribution in [0.3, 0.4) is 0 Å². The molecule has 1 heterocycles. The molecule has 3 amide bonds. The molecule has 8 heteroatoms. The zero-order chi connectivity index (χ0) is 18.7. The van der Waals surface area contributed by atoms with Gasteiger partial charge in [-0.1, -0.05) is 18.9 Å². The lowest BCUT2D eigenvalue weighted by molar-refractivity contribution is -0.133. The Morgan fingerprint density at radius 1 is 1.27 bits per heavy atom. The normalized spacial score (nSPS) is 22.2. The van der Waals surface area contributed by atoms with E-state index in [9.17, 15) is 18.4 Å². The molecule has 1 aromatic rings. The van der Waals surface area contributed by atoms with E-state index in [4.69, 9.17) is 10.5 Å². The van der Waals surface area contributed by atoms with Crippen molar-refractivity contribution in [3.63, 3.8) is 0 Å². The van der Waals surface area contributed by atoms with E-state index in [0.717, 1.165) is 12.8 Å². The van der Waals surface area contributed by atoms with Gasteiger partial charge in [-0.25, -0.2) is 13.6 Å². The second-order valence-electron chi connectivity index (χ2n) is 6.95. The Kier molecular flexibility index (Phi) is 5.41. The van der Waals surface area contributed by atoms with Crippen molar-refractivity contribution in [3.05, 3.63) is 35.4 Å². The van der Waals surface area contributed by atoms with E-state index in [1.807, 2.05) is 0 Å². The quantitative estimate of drug-likeness (QED) is 0.849. The van der Waals surface area contributed by atoms with E-state index in [2.05, 4.69) is 5.32 Å². The van der Waals surface area contributed by atoms with Gasteiger partial charge in [-0.2, -0.15) is 0 Å². The Balaban J connectivity index is 1.72. The maximum absolute atomic E-state index is 14.3. The van der Waals surface area contributed by atoms with Crippen LogP contribution in [-0.2, 0) is 14.9 Å². The fourth-order valence-corrected chi connectivity index (χ4v) is 3.93. The molecule has 1 saturated carbocycles. The summed E-state index contributed by atoms with van der Waals surface area (Å²) in [6.45, 7) is 0.759. The molecule has 6 nitrogen and oxygen atoms in total. The molecule has 0 radical (unpaired) electrons. The van der Waals surface area contributed by atoms with Crippen molar-refractivity contribution in [2.75, 3.05) is 26.2 Å². The summed E-state index contributed by atoms with van der Waals surface area (Å²) in [5, 5.41) is 2.79. The fraction of sp³-hybridized carbons (Fsp3) is 0.556. The molecule has 0 bridgehead atoms. The van der Waals surface area contributed by atoms with Gasteiger partial charge >= 0.3 is 6.03 Å². The first-order valence-corrected chi connectivity index (χ1v) is 8.81. The maximum atomic E-state index is 14.3. The van der Waals surface area contributed by atoms with Gasteiger partial charge in [0.05, 0.1) is 13.2 Å². The van der Waals surface area contributed by atoms with Crippen molar-refractivity contribution in [1.29, 1.82) is 0 Å². The largest absolute Gasteiger partial charge is 0.367 e. The Labute approximate surface area is 150 Å². The number of morpholine rings is 1. The minimum absolute atomic E-state index is 0.0507. The van der Waals surface area contributed by atoms with Crippen molar-refractivity contribution in [2.24, 2.45) is 5.73 Å².